The van der Waals surface area contributed by atoms with Gasteiger partial charge in [-0.3, -0.25) is 0 Å². The molecule has 0 amide bonds. The minimum absolute atomic E-state index is 0.0705. The van der Waals surface area contributed by atoms with Crippen molar-refractivity contribution >= 4 is 22.1 Å². The second-order valence-corrected chi connectivity index (χ2v) is 3.97. The fourth-order valence-electron chi connectivity index (χ4n) is 0.606. The van der Waals surface area contributed by atoms with Crippen molar-refractivity contribution < 1.29 is 12.8 Å². The summed E-state index contributed by atoms with van der Waals surface area (Å²) in [5.74, 6) is -0.213. The Balaban J connectivity index is 2.36. The molecule has 0 aliphatic rings. The highest BCUT2D eigenvalue weighted by atomic mass is 32.2. The van der Waals surface area contributed by atoms with Crippen molar-refractivity contribution in [3.8, 4) is 0 Å². The first kappa shape index (κ1) is 9.74. The predicted octanol–water partition coefficient (Wildman–Crippen LogP) is -1.65. The Morgan fingerprint density at radius 2 is 2.15 bits per heavy atom. The van der Waals surface area contributed by atoms with Gasteiger partial charge in [-0.1, -0.05) is 10.2 Å². The monoisotopic (exact) mass is 207 g/mol. The van der Waals surface area contributed by atoms with E-state index in [0.717, 1.165) is 0 Å². The fourth-order valence-corrected chi connectivity index (χ4v) is 0.993. The van der Waals surface area contributed by atoms with E-state index in [1.165, 1.54) is 0 Å². The van der Waals surface area contributed by atoms with Crippen LogP contribution in [-0.4, -0.2) is 30.9 Å². The Kier molecular flexibility index (Phi) is 2.68. The molecule has 8 nitrogen and oxygen atoms in total. The first-order valence-electron chi connectivity index (χ1n) is 3.31. The van der Waals surface area contributed by atoms with Crippen LogP contribution in [0.25, 0.3) is 0 Å². The molecule has 0 saturated heterocycles. The van der Waals surface area contributed by atoms with Crippen LogP contribution >= 0.6 is 0 Å². The molecule has 74 valence electrons. The lowest BCUT2D eigenvalue weighted by Gasteiger charge is -1.97. The summed E-state index contributed by atoms with van der Waals surface area (Å²) in [5.41, 5.74) is 5.11. The van der Waals surface area contributed by atoms with Crippen molar-refractivity contribution in [2.75, 3.05) is 23.3 Å². The number of hydrogen-bond donors (Lipinski definition) is 3. The first-order chi connectivity index (χ1) is 5.97. The molecule has 0 unspecified atom stereocenters. The molecule has 13 heavy (non-hydrogen) atoms. The van der Waals surface area contributed by atoms with Crippen LogP contribution in [0, 0.1) is 0 Å². The van der Waals surface area contributed by atoms with Crippen LogP contribution in [0.2, 0.25) is 0 Å². The highest BCUT2D eigenvalue weighted by Crippen LogP contribution is 2.04. The van der Waals surface area contributed by atoms with Crippen LogP contribution in [-0.2, 0) is 10.0 Å². The lowest BCUT2D eigenvalue weighted by Crippen LogP contribution is -2.22. The molecule has 0 atom stereocenters. The van der Waals surface area contributed by atoms with Gasteiger partial charge in [0.15, 0.2) is 0 Å². The molecule has 0 saturated carbocycles. The molecule has 1 rings (SSSR count). The normalized spacial score (nSPS) is 11.5. The summed E-state index contributed by atoms with van der Waals surface area (Å²) >= 11 is 0. The van der Waals surface area contributed by atoms with Gasteiger partial charge in [-0.05, 0) is 0 Å². The standard InChI is InChI=1S/C4H9N5O3S/c5-3-8-9-4(12-3)7-1-2-13(6,10)11/h1-2H2,(H2,5,8)(H,7,9)(H2,6,10,11). The summed E-state index contributed by atoms with van der Waals surface area (Å²) in [6.07, 6.45) is 0. The molecule has 1 aromatic rings. The smallest absolute Gasteiger partial charge is 0.316 e. The molecule has 0 aromatic carbocycles. The number of nitrogens with two attached hydrogens (primary N) is 2. The molecule has 0 aliphatic heterocycles. The number of nitrogens with zero attached hydrogens (tertiary/aromatic N) is 2. The molecule has 0 spiro atoms. The van der Waals surface area contributed by atoms with E-state index in [0.29, 0.717) is 0 Å². The maximum absolute atomic E-state index is 10.5. The Bertz CT molecular complexity index is 371. The highest BCUT2D eigenvalue weighted by Gasteiger charge is 2.04. The van der Waals surface area contributed by atoms with Crippen molar-refractivity contribution in [3.63, 3.8) is 0 Å². The SMILES string of the molecule is Nc1nnc(NCCS(N)(=O)=O)o1. The van der Waals surface area contributed by atoms with Gasteiger partial charge in [-0.2, -0.15) is 0 Å². The Morgan fingerprint density at radius 1 is 1.46 bits per heavy atom. The average molecular weight is 207 g/mol. The summed E-state index contributed by atoms with van der Waals surface area (Å²) in [5, 5.41) is 14.1. The zero-order chi connectivity index (χ0) is 9.90. The lowest BCUT2D eigenvalue weighted by atomic mass is 10.7. The van der Waals surface area contributed by atoms with Crippen LogP contribution in [0.3, 0.4) is 0 Å². The Hall–Kier alpha value is -1.35. The van der Waals surface area contributed by atoms with Gasteiger partial charge in [-0.15, -0.1) is 0 Å². The van der Waals surface area contributed by atoms with Crippen LogP contribution in [0.1, 0.15) is 0 Å². The molecule has 1 heterocycles. The van der Waals surface area contributed by atoms with E-state index in [2.05, 4.69) is 15.5 Å². The highest BCUT2D eigenvalue weighted by molar-refractivity contribution is 7.89. The molecule has 5 N–H and O–H groups in total. The number of aromatic nitrogens is 2. The van der Waals surface area contributed by atoms with Crippen molar-refractivity contribution in [2.24, 2.45) is 5.14 Å². The lowest BCUT2D eigenvalue weighted by molar-refractivity contribution is 0.585. The second kappa shape index (κ2) is 3.58. The van der Waals surface area contributed by atoms with Crippen LogP contribution < -0.4 is 16.2 Å². The molecule has 0 radical (unpaired) electrons. The van der Waals surface area contributed by atoms with Gasteiger partial charge in [0.1, 0.15) is 0 Å². The zero-order valence-electron chi connectivity index (χ0n) is 6.60. The molecular formula is C4H9N5O3S. The molecule has 1 aromatic heterocycles. The first-order valence-corrected chi connectivity index (χ1v) is 5.02. The number of primary sulfonamides is 1. The molecule has 0 fully saturated rings. The number of hydrogen-bond acceptors (Lipinski definition) is 7. The van der Waals surface area contributed by atoms with Crippen molar-refractivity contribution in [1.29, 1.82) is 0 Å². The number of nitrogen functional groups attached to an aromatic ring is 1. The number of nitrogens with one attached hydrogen (secondary N) is 1. The van der Waals surface area contributed by atoms with Gasteiger partial charge >= 0.3 is 12.0 Å². The van der Waals surface area contributed by atoms with E-state index in [4.69, 9.17) is 15.3 Å². The minimum atomic E-state index is -3.47. The zero-order valence-corrected chi connectivity index (χ0v) is 7.41. The summed E-state index contributed by atoms with van der Waals surface area (Å²) in [4.78, 5) is 0. The van der Waals surface area contributed by atoms with Crippen LogP contribution in [0.4, 0.5) is 12.0 Å². The third kappa shape index (κ3) is 3.71. The quantitative estimate of drug-likeness (QED) is 0.537. The molecular weight excluding hydrogens is 198 g/mol. The largest absolute Gasteiger partial charge is 0.390 e. The van der Waals surface area contributed by atoms with Crippen molar-refractivity contribution in [2.45, 2.75) is 0 Å². The molecule has 0 bridgehead atoms. The summed E-state index contributed by atoms with van der Waals surface area (Å²) < 4.78 is 25.7. The van der Waals surface area contributed by atoms with Gasteiger partial charge in [0, 0.05) is 6.54 Å². The summed E-state index contributed by atoms with van der Waals surface area (Å²) in [6.45, 7) is 0.0977. The van der Waals surface area contributed by atoms with Gasteiger partial charge < -0.3 is 15.5 Å². The topological polar surface area (TPSA) is 137 Å². The van der Waals surface area contributed by atoms with E-state index in [-0.39, 0.29) is 24.3 Å². The molecule has 0 aliphatic carbocycles. The molecule has 9 heteroatoms. The summed E-state index contributed by atoms with van der Waals surface area (Å²) in [6, 6.07) is -0.0146. The number of sulfonamides is 1. The van der Waals surface area contributed by atoms with E-state index in [1.54, 1.807) is 0 Å². The van der Waals surface area contributed by atoms with Gasteiger partial charge in [-0.25, -0.2) is 13.6 Å². The second-order valence-electron chi connectivity index (χ2n) is 2.24. The van der Waals surface area contributed by atoms with E-state index < -0.39 is 10.0 Å². The third-order valence-corrected chi connectivity index (χ3v) is 1.88. The number of rotatable bonds is 4. The van der Waals surface area contributed by atoms with Crippen molar-refractivity contribution in [1.82, 2.24) is 10.2 Å². The average Bonchev–Trinajstić information content (AvgIpc) is 2.33. The Morgan fingerprint density at radius 3 is 2.62 bits per heavy atom. The van der Waals surface area contributed by atoms with Crippen LogP contribution in [0.15, 0.2) is 4.42 Å². The van der Waals surface area contributed by atoms with Gasteiger partial charge in [0.25, 0.3) is 0 Å². The van der Waals surface area contributed by atoms with Gasteiger partial charge in [0.05, 0.1) is 5.75 Å². The minimum Gasteiger partial charge on any atom is -0.390 e. The number of anilines is 2. The third-order valence-electron chi connectivity index (χ3n) is 1.10. The van der Waals surface area contributed by atoms with E-state index in [9.17, 15) is 8.42 Å². The maximum Gasteiger partial charge on any atom is 0.316 e. The van der Waals surface area contributed by atoms with Gasteiger partial charge in [0.2, 0.25) is 10.0 Å². The predicted molar refractivity (Wildman–Crippen MR) is 45.2 cm³/mol. The fraction of sp³-hybridized carbons (Fsp3) is 0.500. The van der Waals surface area contributed by atoms with E-state index >= 15 is 0 Å². The maximum atomic E-state index is 10.5. The summed E-state index contributed by atoms with van der Waals surface area (Å²) in [7, 11) is -3.47. The van der Waals surface area contributed by atoms with Crippen molar-refractivity contribution in [3.05, 3.63) is 0 Å². The van der Waals surface area contributed by atoms with Crippen LogP contribution in [0.5, 0.6) is 0 Å². The van der Waals surface area contributed by atoms with E-state index in [1.807, 2.05) is 0 Å². The Labute approximate surface area is 74.4 Å².